The van der Waals surface area contributed by atoms with Gasteiger partial charge in [-0.3, -0.25) is 4.79 Å². The predicted octanol–water partition coefficient (Wildman–Crippen LogP) is 2.89. The predicted molar refractivity (Wildman–Crippen MR) is 70.8 cm³/mol. The molecule has 5 heteroatoms. The van der Waals surface area contributed by atoms with Crippen molar-refractivity contribution in [3.05, 3.63) is 29.0 Å². The molecule has 0 aliphatic carbocycles. The van der Waals surface area contributed by atoms with E-state index < -0.39 is 5.92 Å². The molecule has 1 unspecified atom stereocenters. The van der Waals surface area contributed by atoms with E-state index in [-0.39, 0.29) is 5.97 Å². The van der Waals surface area contributed by atoms with Crippen LogP contribution in [0.2, 0.25) is 5.02 Å². The second-order valence-electron chi connectivity index (χ2n) is 4.11. The smallest absolute Gasteiger partial charge is 0.316 e. The number of para-hydroxylation sites is 1. The van der Waals surface area contributed by atoms with Crippen molar-refractivity contribution in [3.8, 4) is 0 Å². The van der Waals surface area contributed by atoms with E-state index >= 15 is 0 Å². The summed E-state index contributed by atoms with van der Waals surface area (Å²) >= 11 is 6.14. The molecule has 0 spiro atoms. The van der Waals surface area contributed by atoms with Gasteiger partial charge in [-0.25, -0.2) is 4.98 Å². The van der Waals surface area contributed by atoms with E-state index in [1.54, 1.807) is 13.8 Å². The molecular weight excluding hydrogens is 252 g/mol. The summed E-state index contributed by atoms with van der Waals surface area (Å²) in [7, 11) is 1.85. The molecule has 0 saturated heterocycles. The molecule has 2 rings (SSSR count). The van der Waals surface area contributed by atoms with Crippen molar-refractivity contribution in [2.75, 3.05) is 6.61 Å². The molecule has 4 nitrogen and oxygen atoms in total. The number of benzene rings is 1. The van der Waals surface area contributed by atoms with Crippen molar-refractivity contribution in [2.24, 2.45) is 7.05 Å². The summed E-state index contributed by atoms with van der Waals surface area (Å²) in [5.74, 6) is -0.0120. The molecule has 0 saturated carbocycles. The van der Waals surface area contributed by atoms with Gasteiger partial charge in [-0.15, -0.1) is 0 Å². The van der Waals surface area contributed by atoms with Gasteiger partial charge < -0.3 is 9.30 Å². The number of carbonyl (C=O) groups is 1. The number of carbonyl (C=O) groups excluding carboxylic acids is 1. The van der Waals surface area contributed by atoms with Gasteiger partial charge in [-0.1, -0.05) is 17.7 Å². The van der Waals surface area contributed by atoms with Gasteiger partial charge in [0.1, 0.15) is 11.7 Å². The van der Waals surface area contributed by atoms with Gasteiger partial charge >= 0.3 is 5.97 Å². The minimum Gasteiger partial charge on any atom is -0.465 e. The molecule has 1 atom stereocenters. The fraction of sp³-hybridized carbons (Fsp3) is 0.385. The molecule has 0 radical (unpaired) electrons. The summed E-state index contributed by atoms with van der Waals surface area (Å²) in [6, 6.07) is 5.53. The van der Waals surface area contributed by atoms with Crippen molar-refractivity contribution < 1.29 is 9.53 Å². The minimum absolute atomic E-state index is 0.271. The van der Waals surface area contributed by atoms with Gasteiger partial charge in [-0.2, -0.15) is 0 Å². The zero-order valence-electron chi connectivity index (χ0n) is 10.6. The Labute approximate surface area is 111 Å². The Hall–Kier alpha value is -1.55. The van der Waals surface area contributed by atoms with E-state index in [9.17, 15) is 4.79 Å². The fourth-order valence-corrected chi connectivity index (χ4v) is 2.30. The fourth-order valence-electron chi connectivity index (χ4n) is 2.00. The maximum absolute atomic E-state index is 11.7. The first-order chi connectivity index (χ1) is 8.56. The lowest BCUT2D eigenvalue weighted by molar-refractivity contribution is -0.144. The molecule has 2 aromatic rings. The number of aromatic nitrogens is 2. The number of fused-ring (bicyclic) bond motifs is 1. The van der Waals surface area contributed by atoms with Crippen molar-refractivity contribution in [3.63, 3.8) is 0 Å². The standard InChI is InChI=1S/C13H15ClN2O2/c1-4-18-13(17)8(2)12-15-10-7-5-6-9(14)11(10)16(12)3/h5-8H,4H2,1-3H3. The Morgan fingerprint density at radius 2 is 2.28 bits per heavy atom. The number of rotatable bonds is 3. The first-order valence-corrected chi connectivity index (χ1v) is 6.21. The lowest BCUT2D eigenvalue weighted by Crippen LogP contribution is -2.16. The second-order valence-corrected chi connectivity index (χ2v) is 4.52. The number of hydrogen-bond acceptors (Lipinski definition) is 3. The molecule has 0 aliphatic heterocycles. The van der Waals surface area contributed by atoms with Crippen LogP contribution in [0.5, 0.6) is 0 Å². The monoisotopic (exact) mass is 266 g/mol. The van der Waals surface area contributed by atoms with Crippen LogP contribution in [0.15, 0.2) is 18.2 Å². The summed E-state index contributed by atoms with van der Waals surface area (Å²) in [5.41, 5.74) is 1.63. The van der Waals surface area contributed by atoms with Crippen LogP contribution in [-0.4, -0.2) is 22.1 Å². The van der Waals surface area contributed by atoms with Crippen LogP contribution >= 0.6 is 11.6 Å². The number of imidazole rings is 1. The van der Waals surface area contributed by atoms with E-state index in [0.29, 0.717) is 17.5 Å². The zero-order chi connectivity index (χ0) is 13.3. The van der Waals surface area contributed by atoms with Gasteiger partial charge in [0.15, 0.2) is 0 Å². The third kappa shape index (κ3) is 2.08. The van der Waals surface area contributed by atoms with Crippen molar-refractivity contribution in [1.82, 2.24) is 9.55 Å². The number of hydrogen-bond donors (Lipinski definition) is 0. The molecule has 0 bridgehead atoms. The quantitative estimate of drug-likeness (QED) is 0.803. The van der Waals surface area contributed by atoms with Crippen LogP contribution in [0.4, 0.5) is 0 Å². The first-order valence-electron chi connectivity index (χ1n) is 5.83. The Bertz CT molecular complexity index is 592. The average Bonchev–Trinajstić information content (AvgIpc) is 2.67. The molecule has 0 amide bonds. The Balaban J connectivity index is 2.49. The number of halogens is 1. The Morgan fingerprint density at radius 3 is 2.89 bits per heavy atom. The second kappa shape index (κ2) is 4.98. The van der Waals surface area contributed by atoms with Gasteiger partial charge in [0.05, 0.1) is 22.7 Å². The third-order valence-corrected chi connectivity index (χ3v) is 3.21. The topological polar surface area (TPSA) is 44.1 Å². The van der Waals surface area contributed by atoms with Crippen LogP contribution in [0.3, 0.4) is 0 Å². The van der Waals surface area contributed by atoms with E-state index in [1.807, 2.05) is 29.8 Å². The van der Waals surface area contributed by atoms with Crippen molar-refractivity contribution in [2.45, 2.75) is 19.8 Å². The molecule has 96 valence electrons. The summed E-state index contributed by atoms with van der Waals surface area (Å²) in [6.07, 6.45) is 0. The number of esters is 1. The van der Waals surface area contributed by atoms with Crippen molar-refractivity contribution in [1.29, 1.82) is 0 Å². The molecule has 0 aliphatic rings. The van der Waals surface area contributed by atoms with Crippen LogP contribution in [0.25, 0.3) is 11.0 Å². The highest BCUT2D eigenvalue weighted by Crippen LogP contribution is 2.27. The largest absolute Gasteiger partial charge is 0.465 e. The third-order valence-electron chi connectivity index (χ3n) is 2.91. The van der Waals surface area contributed by atoms with E-state index in [4.69, 9.17) is 16.3 Å². The lowest BCUT2D eigenvalue weighted by atomic mass is 10.2. The molecular formula is C13H15ClN2O2. The molecule has 1 heterocycles. The summed E-state index contributed by atoms with van der Waals surface area (Å²) < 4.78 is 6.86. The number of ether oxygens (including phenoxy) is 1. The van der Waals surface area contributed by atoms with Crippen LogP contribution in [-0.2, 0) is 16.6 Å². The van der Waals surface area contributed by atoms with Gasteiger partial charge in [0.25, 0.3) is 0 Å². The SMILES string of the molecule is CCOC(=O)C(C)c1nc2cccc(Cl)c2n1C. The van der Waals surface area contributed by atoms with E-state index in [0.717, 1.165) is 11.0 Å². The molecule has 18 heavy (non-hydrogen) atoms. The van der Waals surface area contributed by atoms with E-state index in [2.05, 4.69) is 4.98 Å². The van der Waals surface area contributed by atoms with Gasteiger partial charge in [-0.05, 0) is 26.0 Å². The van der Waals surface area contributed by atoms with Crippen LogP contribution in [0.1, 0.15) is 25.6 Å². The number of aryl methyl sites for hydroxylation is 1. The Morgan fingerprint density at radius 1 is 1.56 bits per heavy atom. The van der Waals surface area contributed by atoms with Gasteiger partial charge in [0.2, 0.25) is 0 Å². The highest BCUT2D eigenvalue weighted by atomic mass is 35.5. The maximum atomic E-state index is 11.7. The van der Waals surface area contributed by atoms with Crippen molar-refractivity contribution >= 4 is 28.6 Å². The summed E-state index contributed by atoms with van der Waals surface area (Å²) in [6.45, 7) is 3.94. The van der Waals surface area contributed by atoms with E-state index in [1.165, 1.54) is 0 Å². The average molecular weight is 267 g/mol. The summed E-state index contributed by atoms with van der Waals surface area (Å²) in [5, 5.41) is 0.629. The highest BCUT2D eigenvalue weighted by molar-refractivity contribution is 6.35. The van der Waals surface area contributed by atoms with Gasteiger partial charge in [0, 0.05) is 7.05 Å². The lowest BCUT2D eigenvalue weighted by Gasteiger charge is -2.10. The maximum Gasteiger partial charge on any atom is 0.316 e. The molecule has 0 fully saturated rings. The Kier molecular flexibility index (Phi) is 3.57. The molecule has 0 N–H and O–H groups in total. The normalized spacial score (nSPS) is 12.7. The zero-order valence-corrected chi connectivity index (χ0v) is 11.4. The highest BCUT2D eigenvalue weighted by Gasteiger charge is 2.23. The summed E-state index contributed by atoms with van der Waals surface area (Å²) in [4.78, 5) is 16.2. The molecule has 1 aromatic heterocycles. The number of nitrogens with zero attached hydrogens (tertiary/aromatic N) is 2. The first kappa shape index (κ1) is 12.9. The minimum atomic E-state index is -0.404. The van der Waals surface area contributed by atoms with Crippen LogP contribution in [0, 0.1) is 0 Å². The molecule has 1 aromatic carbocycles. The van der Waals surface area contributed by atoms with Crippen LogP contribution < -0.4 is 0 Å².